The third kappa shape index (κ3) is 5.07. The minimum Gasteiger partial charge on any atom is -0.448 e. The molecule has 0 radical (unpaired) electrons. The minimum absolute atomic E-state index is 0.123. The lowest BCUT2D eigenvalue weighted by Gasteiger charge is -2.26. The van der Waals surface area contributed by atoms with Crippen molar-refractivity contribution in [2.24, 2.45) is 5.41 Å². The first-order valence-corrected chi connectivity index (χ1v) is 12.4. The number of carbonyl (C=O) groups excluding carboxylic acids is 2. The number of nitrogens with zero attached hydrogens (tertiary/aromatic N) is 3. The summed E-state index contributed by atoms with van der Waals surface area (Å²) in [5.41, 5.74) is 3.18. The van der Waals surface area contributed by atoms with Crippen molar-refractivity contribution in [3.63, 3.8) is 0 Å². The number of rotatable bonds is 7. The number of anilines is 1. The van der Waals surface area contributed by atoms with Crippen LogP contribution >= 0.6 is 11.3 Å². The second-order valence-corrected chi connectivity index (χ2v) is 10.2. The zero-order valence-electron chi connectivity index (χ0n) is 19.2. The largest absolute Gasteiger partial charge is 0.448 e. The maximum atomic E-state index is 12.9. The fourth-order valence-electron chi connectivity index (χ4n) is 4.01. The Morgan fingerprint density at radius 2 is 2.09 bits per heavy atom. The van der Waals surface area contributed by atoms with Gasteiger partial charge >= 0.3 is 6.09 Å². The molecule has 1 aliphatic heterocycles. The lowest BCUT2D eigenvalue weighted by atomic mass is 10.0. The van der Waals surface area contributed by atoms with Gasteiger partial charge in [-0.2, -0.15) is 0 Å². The molecule has 34 heavy (non-hydrogen) atoms. The van der Waals surface area contributed by atoms with E-state index >= 15 is 0 Å². The normalized spacial score (nSPS) is 16.3. The van der Waals surface area contributed by atoms with Crippen LogP contribution in [0.25, 0.3) is 6.08 Å². The molecule has 1 saturated carbocycles. The van der Waals surface area contributed by atoms with Crippen molar-refractivity contribution in [2.75, 3.05) is 18.5 Å². The van der Waals surface area contributed by atoms with E-state index in [-0.39, 0.29) is 17.4 Å². The van der Waals surface area contributed by atoms with E-state index in [0.717, 1.165) is 21.9 Å². The number of hydrogen-bond donors (Lipinski definition) is 1. The van der Waals surface area contributed by atoms with Gasteiger partial charge in [-0.3, -0.25) is 4.79 Å². The van der Waals surface area contributed by atoms with Crippen LogP contribution in [0.3, 0.4) is 0 Å². The van der Waals surface area contributed by atoms with Crippen LogP contribution in [0.2, 0.25) is 0 Å². The number of amides is 2. The summed E-state index contributed by atoms with van der Waals surface area (Å²) in [5, 5.41) is 3.96. The van der Waals surface area contributed by atoms with Crippen LogP contribution in [0.1, 0.15) is 46.1 Å². The summed E-state index contributed by atoms with van der Waals surface area (Å²) in [7, 11) is 0. The summed E-state index contributed by atoms with van der Waals surface area (Å²) in [4.78, 5) is 32.4. The summed E-state index contributed by atoms with van der Waals surface area (Å²) in [6, 6.07) is 9.24. The van der Waals surface area contributed by atoms with Crippen molar-refractivity contribution >= 4 is 34.4 Å². The van der Waals surface area contributed by atoms with E-state index in [1.54, 1.807) is 28.8 Å². The smallest absolute Gasteiger partial charge is 0.410 e. The Morgan fingerprint density at radius 3 is 2.82 bits per heavy atom. The van der Waals surface area contributed by atoms with E-state index in [1.807, 2.05) is 41.1 Å². The summed E-state index contributed by atoms with van der Waals surface area (Å²) in [5.74, 6) is -0.123. The zero-order chi connectivity index (χ0) is 23.5. The quantitative estimate of drug-likeness (QED) is 0.508. The highest BCUT2D eigenvalue weighted by Gasteiger charge is 2.34. The highest BCUT2D eigenvalue weighted by atomic mass is 32.1. The molecule has 7 nitrogen and oxygen atoms in total. The van der Waals surface area contributed by atoms with Gasteiger partial charge in [0.2, 0.25) is 0 Å². The van der Waals surface area contributed by atoms with E-state index in [9.17, 15) is 9.59 Å². The first-order valence-electron chi connectivity index (χ1n) is 11.6. The van der Waals surface area contributed by atoms with Gasteiger partial charge in [0.1, 0.15) is 11.6 Å². The Bertz CT molecular complexity index is 1200. The lowest BCUT2D eigenvalue weighted by Crippen LogP contribution is -2.36. The molecule has 1 aliphatic carbocycles. The van der Waals surface area contributed by atoms with E-state index in [1.165, 1.54) is 18.4 Å². The molecule has 2 aromatic heterocycles. The molecule has 5 rings (SSSR count). The zero-order valence-corrected chi connectivity index (χ0v) is 20.0. The second kappa shape index (κ2) is 9.46. The van der Waals surface area contributed by atoms with Crippen LogP contribution in [-0.2, 0) is 24.2 Å². The molecule has 0 spiro atoms. The van der Waals surface area contributed by atoms with Gasteiger partial charge in [-0.15, -0.1) is 11.3 Å². The molecule has 0 bridgehead atoms. The predicted octanol–water partition coefficient (Wildman–Crippen LogP) is 5.21. The van der Waals surface area contributed by atoms with Gasteiger partial charge in [-0.25, -0.2) is 9.78 Å². The molecule has 176 valence electrons. The van der Waals surface area contributed by atoms with Crippen molar-refractivity contribution < 1.29 is 14.3 Å². The Kier molecular flexibility index (Phi) is 6.24. The Hall–Kier alpha value is -3.39. The van der Waals surface area contributed by atoms with E-state index < -0.39 is 0 Å². The Morgan fingerprint density at radius 1 is 1.26 bits per heavy atom. The van der Waals surface area contributed by atoms with Crippen LogP contribution in [0.15, 0.2) is 55.1 Å². The van der Waals surface area contributed by atoms with Crippen molar-refractivity contribution in [1.82, 2.24) is 14.5 Å². The molecule has 3 aromatic rings. The number of imidazole rings is 1. The number of aromatic nitrogens is 2. The fourth-order valence-corrected chi connectivity index (χ4v) is 5.26. The molecular weight excluding hydrogens is 448 g/mol. The van der Waals surface area contributed by atoms with Gasteiger partial charge in [0.15, 0.2) is 0 Å². The van der Waals surface area contributed by atoms with Gasteiger partial charge in [0.05, 0.1) is 19.4 Å². The standard InChI is InChI=1S/C26H28N4O3S/c1-26(10-11-26)9-7-21-20-8-13-30(25(32)33-16-15-29-14-12-27-18-29)17-22(20)34-24(21)28-23(31)19-5-3-2-4-6-19/h2-7,9,12,14,18H,8,10-11,13,15-17H2,1H3,(H,28,31)/b9-7+. The summed E-state index contributed by atoms with van der Waals surface area (Å²) in [6.45, 7) is 4.22. The topological polar surface area (TPSA) is 76.5 Å². The van der Waals surface area contributed by atoms with Crippen LogP contribution in [0.4, 0.5) is 9.80 Å². The highest BCUT2D eigenvalue weighted by Crippen LogP contribution is 2.48. The SMILES string of the molecule is CC1(/C=C/c2c(NC(=O)c3ccccc3)sc3c2CCN(C(=O)OCCn2ccnc2)C3)CC1. The van der Waals surface area contributed by atoms with Gasteiger partial charge in [0, 0.05) is 34.9 Å². The highest BCUT2D eigenvalue weighted by molar-refractivity contribution is 7.16. The third-order valence-electron chi connectivity index (χ3n) is 6.44. The molecular formula is C26H28N4O3S. The maximum absolute atomic E-state index is 12.9. The Labute approximate surface area is 203 Å². The van der Waals surface area contributed by atoms with Crippen molar-refractivity contribution in [2.45, 2.75) is 39.3 Å². The summed E-state index contributed by atoms with van der Waals surface area (Å²) < 4.78 is 7.37. The predicted molar refractivity (Wildman–Crippen MR) is 133 cm³/mol. The second-order valence-electron chi connectivity index (χ2n) is 9.14. The maximum Gasteiger partial charge on any atom is 0.410 e. The van der Waals surface area contributed by atoms with E-state index in [2.05, 4.69) is 29.4 Å². The van der Waals surface area contributed by atoms with Crippen LogP contribution in [0.5, 0.6) is 0 Å². The number of allylic oxidation sites excluding steroid dienone is 1. The third-order valence-corrected chi connectivity index (χ3v) is 7.59. The lowest BCUT2D eigenvalue weighted by molar-refractivity contribution is 0.0951. The van der Waals surface area contributed by atoms with Crippen molar-refractivity contribution in [1.29, 1.82) is 0 Å². The van der Waals surface area contributed by atoms with Crippen LogP contribution in [-0.4, -0.2) is 39.6 Å². The fraction of sp³-hybridized carbons (Fsp3) is 0.346. The number of ether oxygens (including phenoxy) is 1. The van der Waals surface area contributed by atoms with Crippen LogP contribution < -0.4 is 5.32 Å². The summed E-state index contributed by atoms with van der Waals surface area (Å²) in [6.07, 6.45) is 12.5. The molecule has 0 saturated heterocycles. The minimum atomic E-state index is -0.309. The van der Waals surface area contributed by atoms with Gasteiger partial charge in [-0.05, 0) is 42.4 Å². The van der Waals surface area contributed by atoms with E-state index in [4.69, 9.17) is 4.74 Å². The molecule has 8 heteroatoms. The molecule has 2 amide bonds. The van der Waals surface area contributed by atoms with Gasteiger partial charge < -0.3 is 19.5 Å². The Balaban J connectivity index is 1.31. The first-order chi connectivity index (χ1) is 16.5. The van der Waals surface area contributed by atoms with E-state index in [0.29, 0.717) is 31.8 Å². The van der Waals surface area contributed by atoms with Crippen molar-refractivity contribution in [3.05, 3.63) is 76.7 Å². The number of hydrogen-bond acceptors (Lipinski definition) is 5. The van der Waals surface area contributed by atoms with Gasteiger partial charge in [-0.1, -0.05) is 37.3 Å². The van der Waals surface area contributed by atoms with Crippen molar-refractivity contribution in [3.8, 4) is 0 Å². The number of nitrogens with one attached hydrogen (secondary N) is 1. The number of benzene rings is 1. The monoisotopic (exact) mass is 476 g/mol. The molecule has 0 unspecified atom stereocenters. The van der Waals surface area contributed by atoms with Gasteiger partial charge in [0.25, 0.3) is 5.91 Å². The first kappa shape index (κ1) is 22.4. The molecule has 3 heterocycles. The molecule has 2 aliphatic rings. The molecule has 1 fully saturated rings. The number of fused-ring (bicyclic) bond motifs is 1. The van der Waals surface area contributed by atoms with Crippen LogP contribution in [0, 0.1) is 5.41 Å². The number of thiophene rings is 1. The molecule has 1 aromatic carbocycles. The average Bonchev–Trinajstić information content (AvgIpc) is 3.22. The molecule has 0 atom stereocenters. The summed E-state index contributed by atoms with van der Waals surface area (Å²) >= 11 is 1.55. The molecule has 1 N–H and O–H groups in total. The number of carbonyl (C=O) groups is 2. The average molecular weight is 477 g/mol.